The van der Waals surface area contributed by atoms with E-state index in [9.17, 15) is 5.11 Å². The summed E-state index contributed by atoms with van der Waals surface area (Å²) in [5.41, 5.74) is 1.99. The third-order valence-electron chi connectivity index (χ3n) is 3.19. The van der Waals surface area contributed by atoms with Crippen molar-refractivity contribution < 1.29 is 14.6 Å². The van der Waals surface area contributed by atoms with Gasteiger partial charge in [-0.15, -0.1) is 0 Å². The Morgan fingerprint density at radius 2 is 1.95 bits per heavy atom. The van der Waals surface area contributed by atoms with Crippen LogP contribution in [-0.2, 0) is 12.8 Å². The Balaban J connectivity index is 2.02. The van der Waals surface area contributed by atoms with Gasteiger partial charge in [0.2, 0.25) is 5.88 Å². The number of methoxy groups -OCH3 is 2. The maximum absolute atomic E-state index is 10.2. The fraction of sp³-hybridized carbons (Fsp3) is 0.312. The molecule has 0 spiro atoms. The van der Waals surface area contributed by atoms with Crippen LogP contribution in [0.5, 0.6) is 11.6 Å². The molecule has 21 heavy (non-hydrogen) atoms. The number of aromatic nitrogens is 1. The number of pyridine rings is 1. The third-order valence-corrected chi connectivity index (χ3v) is 3.96. The third kappa shape index (κ3) is 4.44. The van der Waals surface area contributed by atoms with Gasteiger partial charge >= 0.3 is 0 Å². The predicted molar refractivity (Wildman–Crippen MR) is 84.9 cm³/mol. The molecule has 5 heteroatoms. The zero-order valence-corrected chi connectivity index (χ0v) is 13.6. The number of benzene rings is 1. The van der Waals surface area contributed by atoms with Crippen molar-refractivity contribution in [3.63, 3.8) is 0 Å². The van der Waals surface area contributed by atoms with Gasteiger partial charge in [0.15, 0.2) is 0 Å². The minimum Gasteiger partial charge on any atom is -0.497 e. The quantitative estimate of drug-likeness (QED) is 0.868. The lowest BCUT2D eigenvalue weighted by Crippen LogP contribution is -2.14. The predicted octanol–water partition coefficient (Wildman–Crippen LogP) is 3.01. The van der Waals surface area contributed by atoms with Crippen molar-refractivity contribution in [2.75, 3.05) is 14.2 Å². The van der Waals surface area contributed by atoms with Crippen molar-refractivity contribution in [3.05, 3.63) is 52.1 Å². The van der Waals surface area contributed by atoms with Gasteiger partial charge in [0.25, 0.3) is 0 Å². The second kappa shape index (κ2) is 7.43. The lowest BCUT2D eigenvalue weighted by atomic mass is 10.0. The molecule has 112 valence electrons. The van der Waals surface area contributed by atoms with E-state index in [1.54, 1.807) is 26.5 Å². The average molecular weight is 352 g/mol. The number of aliphatic hydroxyl groups excluding tert-OH is 1. The Bertz CT molecular complexity index is 587. The summed E-state index contributed by atoms with van der Waals surface area (Å²) in [5, 5.41) is 10.2. The topological polar surface area (TPSA) is 51.6 Å². The first-order valence-corrected chi connectivity index (χ1v) is 7.41. The van der Waals surface area contributed by atoms with Gasteiger partial charge in [-0.25, -0.2) is 4.98 Å². The van der Waals surface area contributed by atoms with Gasteiger partial charge in [0.1, 0.15) is 5.75 Å². The maximum Gasteiger partial charge on any atom is 0.212 e. The average Bonchev–Trinajstić information content (AvgIpc) is 2.50. The molecule has 0 radical (unpaired) electrons. The van der Waals surface area contributed by atoms with Crippen LogP contribution in [0.25, 0.3) is 0 Å². The maximum atomic E-state index is 10.2. The molecule has 2 aromatic rings. The summed E-state index contributed by atoms with van der Waals surface area (Å²) in [6.45, 7) is 0. The van der Waals surface area contributed by atoms with E-state index in [4.69, 9.17) is 9.47 Å². The number of halogens is 1. The van der Waals surface area contributed by atoms with Gasteiger partial charge in [0.05, 0.1) is 20.3 Å². The molecule has 0 saturated heterocycles. The van der Waals surface area contributed by atoms with Crippen LogP contribution in [0.3, 0.4) is 0 Å². The Labute approximate surface area is 132 Å². The SMILES string of the molecule is COc1ccc(Br)c(CC(O)Cc2ccc(OC)nc2)c1. The molecule has 0 fully saturated rings. The Morgan fingerprint density at radius 3 is 2.57 bits per heavy atom. The normalized spacial score (nSPS) is 12.0. The Morgan fingerprint density at radius 1 is 1.14 bits per heavy atom. The number of nitrogens with zero attached hydrogens (tertiary/aromatic N) is 1. The van der Waals surface area contributed by atoms with Crippen molar-refractivity contribution in [3.8, 4) is 11.6 Å². The highest BCUT2D eigenvalue weighted by Gasteiger charge is 2.11. The second-order valence-corrected chi connectivity index (χ2v) is 5.58. The lowest BCUT2D eigenvalue weighted by Gasteiger charge is -2.13. The molecule has 1 N–H and O–H groups in total. The summed E-state index contributed by atoms with van der Waals surface area (Å²) in [6.07, 6.45) is 2.33. The minimum atomic E-state index is -0.483. The van der Waals surface area contributed by atoms with Gasteiger partial charge in [-0.1, -0.05) is 22.0 Å². The molecule has 0 bridgehead atoms. The van der Waals surface area contributed by atoms with E-state index < -0.39 is 6.10 Å². The van der Waals surface area contributed by atoms with Gasteiger partial charge < -0.3 is 14.6 Å². The van der Waals surface area contributed by atoms with E-state index in [0.29, 0.717) is 18.7 Å². The zero-order chi connectivity index (χ0) is 15.2. The molecule has 0 saturated carbocycles. The monoisotopic (exact) mass is 351 g/mol. The highest BCUT2D eigenvalue weighted by Crippen LogP contribution is 2.24. The molecular weight excluding hydrogens is 334 g/mol. The van der Waals surface area contributed by atoms with Crippen LogP contribution >= 0.6 is 15.9 Å². The van der Waals surface area contributed by atoms with E-state index >= 15 is 0 Å². The number of ether oxygens (including phenoxy) is 2. The van der Waals surface area contributed by atoms with E-state index in [0.717, 1.165) is 21.3 Å². The summed E-state index contributed by atoms with van der Waals surface area (Å²) >= 11 is 3.50. The number of rotatable bonds is 6. The summed E-state index contributed by atoms with van der Waals surface area (Å²) in [4.78, 5) is 4.14. The molecule has 2 rings (SSSR count). The smallest absolute Gasteiger partial charge is 0.212 e. The van der Waals surface area contributed by atoms with Crippen molar-refractivity contribution in [2.45, 2.75) is 18.9 Å². The van der Waals surface area contributed by atoms with Crippen LogP contribution < -0.4 is 9.47 Å². The summed E-state index contributed by atoms with van der Waals surface area (Å²) in [6, 6.07) is 9.45. The molecule has 0 aliphatic rings. The fourth-order valence-corrected chi connectivity index (χ4v) is 2.49. The van der Waals surface area contributed by atoms with Crippen LogP contribution in [0, 0.1) is 0 Å². The van der Waals surface area contributed by atoms with Gasteiger partial charge in [-0.2, -0.15) is 0 Å². The molecule has 4 nitrogen and oxygen atoms in total. The van der Waals surface area contributed by atoms with Crippen molar-refractivity contribution in [2.24, 2.45) is 0 Å². The molecule has 0 amide bonds. The lowest BCUT2D eigenvalue weighted by molar-refractivity contribution is 0.175. The van der Waals surface area contributed by atoms with E-state index in [1.165, 1.54) is 0 Å². The zero-order valence-electron chi connectivity index (χ0n) is 12.0. The molecule has 1 atom stereocenters. The summed E-state index contributed by atoms with van der Waals surface area (Å²) < 4.78 is 11.2. The number of hydrogen-bond acceptors (Lipinski definition) is 4. The largest absolute Gasteiger partial charge is 0.497 e. The molecule has 1 unspecified atom stereocenters. The molecule has 0 aliphatic heterocycles. The second-order valence-electron chi connectivity index (χ2n) is 4.73. The molecule has 0 aliphatic carbocycles. The first-order valence-electron chi connectivity index (χ1n) is 6.61. The van der Waals surface area contributed by atoms with Crippen LogP contribution in [0.1, 0.15) is 11.1 Å². The first-order chi connectivity index (χ1) is 10.1. The fourth-order valence-electron chi connectivity index (χ4n) is 2.09. The standard InChI is InChI=1S/C16H18BrNO3/c1-20-14-4-5-15(17)12(9-14)8-13(19)7-11-3-6-16(21-2)18-10-11/h3-6,9-10,13,19H,7-8H2,1-2H3. The summed E-state index contributed by atoms with van der Waals surface area (Å²) in [5.74, 6) is 1.36. The number of aliphatic hydroxyl groups is 1. The van der Waals surface area contributed by atoms with Crippen LogP contribution in [0.4, 0.5) is 0 Å². The highest BCUT2D eigenvalue weighted by molar-refractivity contribution is 9.10. The van der Waals surface area contributed by atoms with Gasteiger partial charge in [-0.05, 0) is 35.7 Å². The van der Waals surface area contributed by atoms with Crippen LogP contribution in [0.15, 0.2) is 41.0 Å². The van der Waals surface area contributed by atoms with E-state index in [-0.39, 0.29) is 0 Å². The molecule has 1 heterocycles. The highest BCUT2D eigenvalue weighted by atomic mass is 79.9. The molecule has 1 aromatic heterocycles. The first kappa shape index (κ1) is 15.8. The molecule has 1 aromatic carbocycles. The van der Waals surface area contributed by atoms with E-state index in [1.807, 2.05) is 24.3 Å². The number of hydrogen-bond donors (Lipinski definition) is 1. The van der Waals surface area contributed by atoms with Crippen LogP contribution in [0.2, 0.25) is 0 Å². The Hall–Kier alpha value is -1.59. The van der Waals surface area contributed by atoms with Crippen molar-refractivity contribution in [1.29, 1.82) is 0 Å². The minimum absolute atomic E-state index is 0.483. The van der Waals surface area contributed by atoms with Crippen molar-refractivity contribution >= 4 is 15.9 Å². The van der Waals surface area contributed by atoms with Gasteiger partial charge in [-0.3, -0.25) is 0 Å². The van der Waals surface area contributed by atoms with E-state index in [2.05, 4.69) is 20.9 Å². The van der Waals surface area contributed by atoms with Crippen LogP contribution in [-0.4, -0.2) is 30.4 Å². The molecular formula is C16H18BrNO3. The Kier molecular flexibility index (Phi) is 5.59. The van der Waals surface area contributed by atoms with Crippen molar-refractivity contribution in [1.82, 2.24) is 4.98 Å². The summed E-state index contributed by atoms with van der Waals surface area (Å²) in [7, 11) is 3.21. The van der Waals surface area contributed by atoms with Gasteiger partial charge in [0, 0.05) is 23.2 Å².